The molecule has 0 aliphatic rings. The molecule has 0 amide bonds. The molecular formula is C25H26FNO6S. The lowest BCUT2D eigenvalue weighted by molar-refractivity contribution is 0.324. The van der Waals surface area contributed by atoms with Crippen molar-refractivity contribution in [3.63, 3.8) is 0 Å². The highest BCUT2D eigenvalue weighted by Crippen LogP contribution is 2.39. The summed E-state index contributed by atoms with van der Waals surface area (Å²) >= 11 is 0. The van der Waals surface area contributed by atoms with Crippen LogP contribution in [0.15, 0.2) is 53.4 Å². The molecule has 0 fully saturated rings. The number of aryl methyl sites for hydroxylation is 1. The average Bonchev–Trinajstić information content (AvgIpc) is 2.81. The van der Waals surface area contributed by atoms with Gasteiger partial charge in [0.05, 0.1) is 39.0 Å². The summed E-state index contributed by atoms with van der Waals surface area (Å²) in [5.41, 5.74) is 2.01. The van der Waals surface area contributed by atoms with E-state index >= 15 is 0 Å². The maximum absolute atomic E-state index is 14.8. The molecule has 0 unspecified atom stereocenters. The highest BCUT2D eigenvalue weighted by Gasteiger charge is 2.19. The van der Waals surface area contributed by atoms with Crippen molar-refractivity contribution in [1.29, 1.82) is 0 Å². The summed E-state index contributed by atoms with van der Waals surface area (Å²) in [5, 5.41) is 0. The first kappa shape index (κ1) is 24.9. The molecule has 7 nitrogen and oxygen atoms in total. The number of benzene rings is 3. The Labute approximate surface area is 198 Å². The predicted octanol–water partition coefficient (Wildman–Crippen LogP) is 5.14. The molecule has 3 aromatic rings. The van der Waals surface area contributed by atoms with Gasteiger partial charge < -0.3 is 18.9 Å². The van der Waals surface area contributed by atoms with E-state index in [1.165, 1.54) is 52.7 Å². The largest absolute Gasteiger partial charge is 0.493 e. The van der Waals surface area contributed by atoms with Gasteiger partial charge in [0.1, 0.15) is 0 Å². The molecule has 0 saturated carbocycles. The zero-order valence-corrected chi connectivity index (χ0v) is 20.3. The van der Waals surface area contributed by atoms with Crippen LogP contribution in [-0.4, -0.2) is 36.9 Å². The molecule has 0 aliphatic carbocycles. The molecule has 3 aromatic carbocycles. The monoisotopic (exact) mass is 487 g/mol. The summed E-state index contributed by atoms with van der Waals surface area (Å²) in [6.45, 7) is 1.85. The number of halogens is 1. The van der Waals surface area contributed by atoms with Gasteiger partial charge in [0.25, 0.3) is 10.0 Å². The van der Waals surface area contributed by atoms with Crippen LogP contribution in [0.2, 0.25) is 0 Å². The highest BCUT2D eigenvalue weighted by molar-refractivity contribution is 7.92. The van der Waals surface area contributed by atoms with Crippen LogP contribution >= 0.6 is 0 Å². The smallest absolute Gasteiger partial charge is 0.262 e. The summed E-state index contributed by atoms with van der Waals surface area (Å²) in [6, 6.07) is 12.5. The molecule has 1 N–H and O–H groups in total. The van der Waals surface area contributed by atoms with Crippen molar-refractivity contribution in [1.82, 2.24) is 0 Å². The van der Waals surface area contributed by atoms with Crippen molar-refractivity contribution in [2.24, 2.45) is 0 Å². The zero-order chi connectivity index (χ0) is 24.9. The van der Waals surface area contributed by atoms with Gasteiger partial charge in [0.15, 0.2) is 23.1 Å². The number of methoxy groups -OCH3 is 4. The summed E-state index contributed by atoms with van der Waals surface area (Å²) in [6.07, 6.45) is 3.34. The molecule has 3 rings (SSSR count). The zero-order valence-electron chi connectivity index (χ0n) is 19.5. The molecule has 0 bridgehead atoms. The molecule has 0 saturated heterocycles. The standard InChI is InChI=1S/C25H26FNO6S/c1-16-6-10-19(11-7-16)34(28,29)27-21-13-17(12-20(26)24(21)32-4)8-9-18-14-22(30-2)25(33-5)23(15-18)31-3/h6-15,27H,1-5H3. The van der Waals surface area contributed by atoms with Crippen LogP contribution in [0, 0.1) is 12.7 Å². The molecular weight excluding hydrogens is 461 g/mol. The topological polar surface area (TPSA) is 83.1 Å². The van der Waals surface area contributed by atoms with Gasteiger partial charge in [-0.25, -0.2) is 12.8 Å². The summed E-state index contributed by atoms with van der Waals surface area (Å²) in [7, 11) is 1.84. The molecule has 0 spiro atoms. The molecule has 34 heavy (non-hydrogen) atoms. The lowest BCUT2D eigenvalue weighted by atomic mass is 10.1. The maximum atomic E-state index is 14.8. The van der Waals surface area contributed by atoms with Crippen molar-refractivity contribution in [2.75, 3.05) is 33.2 Å². The lowest BCUT2D eigenvalue weighted by Gasteiger charge is -2.14. The molecule has 0 radical (unpaired) electrons. The van der Waals surface area contributed by atoms with Crippen molar-refractivity contribution in [2.45, 2.75) is 11.8 Å². The van der Waals surface area contributed by atoms with E-state index in [0.29, 0.717) is 28.4 Å². The first-order valence-corrected chi connectivity index (χ1v) is 11.7. The number of nitrogens with one attached hydrogen (secondary N) is 1. The van der Waals surface area contributed by atoms with E-state index in [1.807, 2.05) is 6.92 Å². The van der Waals surface area contributed by atoms with E-state index in [9.17, 15) is 12.8 Å². The van der Waals surface area contributed by atoms with Crippen LogP contribution < -0.4 is 23.7 Å². The SMILES string of the molecule is COc1cc(C=Cc2cc(F)c(OC)c(NS(=O)(=O)c3ccc(C)cc3)c2)cc(OC)c1OC. The van der Waals surface area contributed by atoms with Gasteiger partial charge >= 0.3 is 0 Å². The van der Waals surface area contributed by atoms with Crippen LogP contribution in [0.3, 0.4) is 0 Å². The Kier molecular flexibility index (Phi) is 7.68. The number of ether oxygens (including phenoxy) is 4. The van der Waals surface area contributed by atoms with E-state index in [-0.39, 0.29) is 16.3 Å². The Morgan fingerprint density at radius 3 is 1.79 bits per heavy atom. The minimum atomic E-state index is -3.96. The number of sulfonamides is 1. The van der Waals surface area contributed by atoms with E-state index in [4.69, 9.17) is 18.9 Å². The molecule has 0 atom stereocenters. The highest BCUT2D eigenvalue weighted by atomic mass is 32.2. The Hall–Kier alpha value is -3.72. The van der Waals surface area contributed by atoms with E-state index < -0.39 is 15.8 Å². The average molecular weight is 488 g/mol. The Morgan fingerprint density at radius 2 is 1.29 bits per heavy atom. The van der Waals surface area contributed by atoms with Crippen LogP contribution in [0.1, 0.15) is 16.7 Å². The fourth-order valence-electron chi connectivity index (χ4n) is 3.31. The van der Waals surface area contributed by atoms with Crippen LogP contribution in [0.25, 0.3) is 12.2 Å². The second-order valence-electron chi connectivity index (χ2n) is 7.29. The summed E-state index contributed by atoms with van der Waals surface area (Å²) < 4.78 is 64.0. The molecule has 0 aliphatic heterocycles. The van der Waals surface area contributed by atoms with Crippen molar-refractivity contribution in [3.8, 4) is 23.0 Å². The number of rotatable bonds is 9. The van der Waals surface area contributed by atoms with Gasteiger partial charge in [-0.2, -0.15) is 0 Å². The van der Waals surface area contributed by atoms with Crippen LogP contribution in [0.5, 0.6) is 23.0 Å². The number of hydrogen-bond acceptors (Lipinski definition) is 6. The third kappa shape index (κ3) is 5.43. The molecule has 0 aromatic heterocycles. The summed E-state index contributed by atoms with van der Waals surface area (Å²) in [5.74, 6) is 0.463. The minimum absolute atomic E-state index is 0.0207. The van der Waals surface area contributed by atoms with E-state index in [0.717, 1.165) is 5.56 Å². The number of hydrogen-bond donors (Lipinski definition) is 1. The second-order valence-corrected chi connectivity index (χ2v) is 8.98. The third-order valence-electron chi connectivity index (χ3n) is 5.00. The second kappa shape index (κ2) is 10.5. The van der Waals surface area contributed by atoms with Gasteiger partial charge in [0.2, 0.25) is 5.75 Å². The van der Waals surface area contributed by atoms with E-state index in [1.54, 1.807) is 36.4 Å². The van der Waals surface area contributed by atoms with Crippen molar-refractivity contribution in [3.05, 3.63) is 71.0 Å². The van der Waals surface area contributed by atoms with Gasteiger partial charge in [-0.05, 0) is 54.4 Å². The lowest BCUT2D eigenvalue weighted by Crippen LogP contribution is -2.14. The predicted molar refractivity (Wildman–Crippen MR) is 130 cm³/mol. The maximum Gasteiger partial charge on any atom is 0.262 e. The van der Waals surface area contributed by atoms with Gasteiger partial charge in [-0.3, -0.25) is 4.72 Å². The van der Waals surface area contributed by atoms with Crippen LogP contribution in [0.4, 0.5) is 10.1 Å². The Balaban J connectivity index is 1.98. The van der Waals surface area contributed by atoms with E-state index in [2.05, 4.69) is 4.72 Å². The minimum Gasteiger partial charge on any atom is -0.493 e. The molecule has 0 heterocycles. The van der Waals surface area contributed by atoms with Gasteiger partial charge in [-0.15, -0.1) is 0 Å². The number of anilines is 1. The van der Waals surface area contributed by atoms with Crippen LogP contribution in [-0.2, 0) is 10.0 Å². The Bertz CT molecular complexity index is 1280. The third-order valence-corrected chi connectivity index (χ3v) is 6.38. The summed E-state index contributed by atoms with van der Waals surface area (Å²) in [4.78, 5) is 0.0546. The molecule has 180 valence electrons. The van der Waals surface area contributed by atoms with Gasteiger partial charge in [-0.1, -0.05) is 29.8 Å². The quantitative estimate of drug-likeness (QED) is 0.421. The first-order valence-electron chi connectivity index (χ1n) is 10.2. The first-order chi connectivity index (χ1) is 16.2. The fourth-order valence-corrected chi connectivity index (χ4v) is 4.36. The van der Waals surface area contributed by atoms with Crippen molar-refractivity contribution < 1.29 is 31.8 Å². The fraction of sp³-hybridized carbons (Fsp3) is 0.200. The normalized spacial score (nSPS) is 11.4. The molecule has 9 heteroatoms. The Morgan fingerprint density at radius 1 is 0.765 bits per heavy atom. The van der Waals surface area contributed by atoms with Gasteiger partial charge in [0, 0.05) is 0 Å². The van der Waals surface area contributed by atoms with Crippen molar-refractivity contribution >= 4 is 27.9 Å².